The summed E-state index contributed by atoms with van der Waals surface area (Å²) >= 11 is 7.94. The van der Waals surface area contributed by atoms with Crippen molar-refractivity contribution in [1.29, 1.82) is 0 Å². The number of anilines is 2. The first kappa shape index (κ1) is 29.2. The highest BCUT2D eigenvalue weighted by Gasteiger charge is 2.34. The van der Waals surface area contributed by atoms with E-state index in [0.717, 1.165) is 37.1 Å². The molecule has 4 aromatic rings. The van der Waals surface area contributed by atoms with E-state index in [1.807, 2.05) is 6.92 Å². The van der Waals surface area contributed by atoms with Gasteiger partial charge in [-0.05, 0) is 51.4 Å². The Morgan fingerprint density at radius 2 is 2.07 bits per heavy atom. The summed E-state index contributed by atoms with van der Waals surface area (Å²) in [4.78, 5) is 17.3. The Bertz CT molecular complexity index is 1820. The number of ether oxygens (including phenoxy) is 3. The molecule has 2 unspecified atom stereocenters. The zero-order valence-electron chi connectivity index (χ0n) is 24.3. The summed E-state index contributed by atoms with van der Waals surface area (Å²) < 4.78 is 50.3. The molecular formula is C31H31ClF2N6O3S. The van der Waals surface area contributed by atoms with Crippen LogP contribution in [0.5, 0.6) is 11.8 Å². The maximum absolute atomic E-state index is 17.0. The van der Waals surface area contributed by atoms with Crippen molar-refractivity contribution in [2.24, 2.45) is 5.92 Å². The van der Waals surface area contributed by atoms with Gasteiger partial charge in [0.15, 0.2) is 11.6 Å². The van der Waals surface area contributed by atoms with Gasteiger partial charge in [-0.15, -0.1) is 11.3 Å². The van der Waals surface area contributed by atoms with Crippen molar-refractivity contribution in [2.45, 2.75) is 38.3 Å². The summed E-state index contributed by atoms with van der Waals surface area (Å²) in [5, 5.41) is 0.689. The second-order valence-electron chi connectivity index (χ2n) is 11.6. The van der Waals surface area contributed by atoms with Crippen LogP contribution < -0.4 is 20.1 Å². The van der Waals surface area contributed by atoms with Gasteiger partial charge in [0, 0.05) is 36.1 Å². The molecule has 3 atom stereocenters. The number of hydrogen-bond acceptors (Lipinski definition) is 9. The van der Waals surface area contributed by atoms with Crippen molar-refractivity contribution in [3.05, 3.63) is 40.2 Å². The first-order chi connectivity index (χ1) is 21.3. The van der Waals surface area contributed by atoms with Gasteiger partial charge < -0.3 is 24.8 Å². The number of hydrogen-bond donors (Lipinski definition) is 1. The highest BCUT2D eigenvalue weighted by Crippen LogP contribution is 2.52. The Balaban J connectivity index is 1.46. The molecule has 0 spiro atoms. The van der Waals surface area contributed by atoms with E-state index in [0.29, 0.717) is 37.5 Å². The molecule has 44 heavy (non-hydrogen) atoms. The molecule has 230 valence electrons. The van der Waals surface area contributed by atoms with Gasteiger partial charge in [-0.25, -0.2) is 13.6 Å². The number of nitrogen functional groups attached to an aromatic ring is 1. The van der Waals surface area contributed by atoms with Gasteiger partial charge in [-0.2, -0.15) is 9.97 Å². The van der Waals surface area contributed by atoms with Gasteiger partial charge in [0.05, 0.1) is 39.8 Å². The molecule has 0 amide bonds. The fraction of sp³-hybridized carbons (Fsp3) is 0.452. The smallest absolute Gasteiger partial charge is 0.319 e. The minimum absolute atomic E-state index is 0.00544. The van der Waals surface area contributed by atoms with E-state index in [4.69, 9.17) is 43.1 Å². The van der Waals surface area contributed by atoms with Crippen LogP contribution in [-0.4, -0.2) is 73.5 Å². The van der Waals surface area contributed by atoms with Gasteiger partial charge in [-0.1, -0.05) is 17.7 Å². The second kappa shape index (κ2) is 11.5. The summed E-state index contributed by atoms with van der Waals surface area (Å²) in [6, 6.07) is 2.87. The minimum Gasteiger partial charge on any atom is -0.489 e. The molecule has 3 aliphatic rings. The minimum atomic E-state index is -0.740. The van der Waals surface area contributed by atoms with Gasteiger partial charge in [0.25, 0.3) is 0 Å². The second-order valence-corrected chi connectivity index (χ2v) is 13.1. The lowest BCUT2D eigenvalue weighted by atomic mass is 9.97. The normalized spacial score (nSPS) is 21.0. The largest absolute Gasteiger partial charge is 0.489 e. The van der Waals surface area contributed by atoms with Crippen LogP contribution in [0.4, 0.5) is 25.3 Å². The molecule has 0 bridgehead atoms. The molecule has 7 rings (SSSR count). The van der Waals surface area contributed by atoms with Gasteiger partial charge in [-0.3, -0.25) is 4.90 Å². The Labute approximate surface area is 262 Å². The Hall–Kier alpha value is -3.50. The summed E-state index contributed by atoms with van der Waals surface area (Å²) in [5.41, 5.74) is 6.31. The van der Waals surface area contributed by atoms with Crippen molar-refractivity contribution in [3.63, 3.8) is 0 Å². The highest BCUT2D eigenvalue weighted by molar-refractivity contribution is 7.23. The van der Waals surface area contributed by atoms with E-state index in [1.165, 1.54) is 12.1 Å². The predicted molar refractivity (Wildman–Crippen MR) is 168 cm³/mol. The summed E-state index contributed by atoms with van der Waals surface area (Å²) in [7, 11) is 2.06. The van der Waals surface area contributed by atoms with E-state index in [2.05, 4.69) is 26.7 Å². The molecule has 2 aromatic carbocycles. The number of fused-ring (bicyclic) bond motifs is 1. The SMILES string of the molecule is [C-]#[N+]c1c(N)sc2c(F)ccc(-c3c(Cl)c4c5c(nc(O[C@@H](C)C6CCCN6C)nc5c3F)N(CC3CCOC3)CCO4)c12. The number of rotatable bonds is 6. The quantitative estimate of drug-likeness (QED) is 0.234. The number of nitrogens with two attached hydrogens (primary N) is 1. The van der Waals surface area contributed by atoms with Crippen LogP contribution in [0.2, 0.25) is 5.02 Å². The highest BCUT2D eigenvalue weighted by atomic mass is 35.5. The lowest BCUT2D eigenvalue weighted by Gasteiger charge is -2.28. The molecule has 13 heteroatoms. The van der Waals surface area contributed by atoms with Crippen LogP contribution in [0.3, 0.4) is 0 Å². The fourth-order valence-corrected chi connectivity index (χ4v) is 8.01. The number of nitrogens with zero attached hydrogens (tertiary/aromatic N) is 5. The molecule has 5 heterocycles. The number of likely N-dealkylation sites (tertiary alicyclic amines) is 1. The van der Waals surface area contributed by atoms with Crippen LogP contribution in [0, 0.1) is 24.1 Å². The lowest BCUT2D eigenvalue weighted by molar-refractivity contribution is 0.112. The van der Waals surface area contributed by atoms with Crippen molar-refractivity contribution in [2.75, 3.05) is 57.1 Å². The molecule has 3 aliphatic heterocycles. The van der Waals surface area contributed by atoms with Crippen LogP contribution in [-0.2, 0) is 4.74 Å². The molecule has 9 nitrogen and oxygen atoms in total. The molecule has 2 saturated heterocycles. The topological polar surface area (TPSA) is 90.3 Å². The number of halogens is 3. The maximum atomic E-state index is 17.0. The lowest BCUT2D eigenvalue weighted by Crippen LogP contribution is -2.38. The van der Waals surface area contributed by atoms with Crippen molar-refractivity contribution in [1.82, 2.24) is 14.9 Å². The Morgan fingerprint density at radius 3 is 2.80 bits per heavy atom. The zero-order chi connectivity index (χ0) is 30.7. The van der Waals surface area contributed by atoms with E-state index in [1.54, 1.807) is 0 Å². The third-order valence-electron chi connectivity index (χ3n) is 8.94. The predicted octanol–water partition coefficient (Wildman–Crippen LogP) is 6.67. The van der Waals surface area contributed by atoms with E-state index >= 15 is 4.39 Å². The first-order valence-corrected chi connectivity index (χ1v) is 15.9. The number of benzene rings is 2. The number of likely N-dealkylation sites (N-methyl/N-ethyl adjacent to an activating group) is 1. The van der Waals surface area contributed by atoms with Gasteiger partial charge in [0.2, 0.25) is 5.69 Å². The average molecular weight is 641 g/mol. The van der Waals surface area contributed by atoms with Crippen molar-refractivity contribution < 1.29 is 23.0 Å². The number of aromatic nitrogens is 2. The van der Waals surface area contributed by atoms with E-state index in [-0.39, 0.29) is 78.9 Å². The van der Waals surface area contributed by atoms with Crippen LogP contribution in [0.15, 0.2) is 12.1 Å². The van der Waals surface area contributed by atoms with E-state index in [9.17, 15) is 4.39 Å². The average Bonchev–Trinajstić information content (AvgIpc) is 3.72. The van der Waals surface area contributed by atoms with Crippen LogP contribution >= 0.6 is 22.9 Å². The fourth-order valence-electron chi connectivity index (χ4n) is 6.74. The molecule has 0 saturated carbocycles. The summed E-state index contributed by atoms with van der Waals surface area (Å²) in [6.45, 7) is 13.4. The van der Waals surface area contributed by atoms with Gasteiger partial charge >= 0.3 is 6.01 Å². The third-order valence-corrected chi connectivity index (χ3v) is 10.3. The monoisotopic (exact) mass is 640 g/mol. The summed E-state index contributed by atoms with van der Waals surface area (Å²) in [5.74, 6) is -0.302. The molecule has 0 aliphatic carbocycles. The van der Waals surface area contributed by atoms with Crippen LogP contribution in [0.1, 0.15) is 26.2 Å². The Kier molecular flexibility index (Phi) is 7.61. The molecule has 0 radical (unpaired) electrons. The van der Waals surface area contributed by atoms with Crippen molar-refractivity contribution >= 4 is 60.4 Å². The van der Waals surface area contributed by atoms with Crippen molar-refractivity contribution in [3.8, 4) is 22.9 Å². The summed E-state index contributed by atoms with van der Waals surface area (Å²) in [6.07, 6.45) is 2.71. The maximum Gasteiger partial charge on any atom is 0.319 e. The molecule has 2 fully saturated rings. The third kappa shape index (κ3) is 4.77. The zero-order valence-corrected chi connectivity index (χ0v) is 25.9. The standard InChI is InChI=1S/C31H31ClF2N6O3S/c1-15(19-5-4-9-39(19)3)43-31-37-25-22-27(42-12-10-40(30(22)38-31)13-16-8-11-41-14-16)23(32)20(24(25)34)17-6-7-18(33)28-21(17)26(36-2)29(35)44-28/h6-7,15-16,19H,4-5,8-14,35H2,1,3H3/t15-,16?,19?/m0/s1. The van der Waals surface area contributed by atoms with Gasteiger partial charge in [0.1, 0.15) is 29.9 Å². The van der Waals surface area contributed by atoms with Crippen LogP contribution in [0.25, 0.3) is 37.0 Å². The van der Waals surface area contributed by atoms with E-state index < -0.39 is 11.6 Å². The molecular weight excluding hydrogens is 610 g/mol. The number of thiophene rings is 1. The molecule has 2 N–H and O–H groups in total. The molecule has 2 aromatic heterocycles. The first-order valence-electron chi connectivity index (χ1n) is 14.7. The Morgan fingerprint density at radius 1 is 1.23 bits per heavy atom.